The Morgan fingerprint density at radius 2 is 1.67 bits per heavy atom. The van der Waals surface area contributed by atoms with Gasteiger partial charge < -0.3 is 0 Å². The molecule has 0 spiro atoms. The quantitative estimate of drug-likeness (QED) is 0.494. The molecule has 0 fully saturated rings. The van der Waals surface area contributed by atoms with Crippen LogP contribution >= 0.6 is 23.2 Å². The minimum atomic E-state index is -1.10. The summed E-state index contributed by atoms with van der Waals surface area (Å²) in [6, 6.07) is 8.89. The summed E-state index contributed by atoms with van der Waals surface area (Å²) in [4.78, 5) is 21.0. The Morgan fingerprint density at radius 1 is 1.14 bits per heavy atom. The monoisotopic (exact) mass is 387 g/mol. The molecule has 2 rings (SSSR count). The summed E-state index contributed by atoms with van der Waals surface area (Å²) in [6.07, 6.45) is 0. The van der Waals surface area contributed by atoms with E-state index in [-0.39, 0.29) is 11.3 Å². The van der Waals surface area contributed by atoms with E-state index in [1.54, 1.807) is 12.1 Å². The van der Waals surface area contributed by atoms with E-state index in [0.717, 1.165) is 4.35 Å². The number of rotatable bonds is 4. The van der Waals surface area contributed by atoms with Gasteiger partial charge in [-0.2, -0.15) is 0 Å². The van der Waals surface area contributed by atoms with Crippen LogP contribution in [0.2, 0.25) is 10.0 Å². The number of hydrogen-bond acceptors (Lipinski definition) is 3. The molecule has 1 N–H and O–H groups in total. The van der Waals surface area contributed by atoms with E-state index in [0.29, 0.717) is 14.4 Å². The Labute approximate surface area is 136 Å². The third-order valence-corrected chi connectivity index (χ3v) is 6.86. The van der Waals surface area contributed by atoms with Crippen LogP contribution in [0.25, 0.3) is 0 Å². The van der Waals surface area contributed by atoms with Gasteiger partial charge in [0.05, 0.1) is 0 Å². The molecule has 1 unspecified atom stereocenters. The Morgan fingerprint density at radius 3 is 2.10 bits per heavy atom. The van der Waals surface area contributed by atoms with Crippen LogP contribution in [-0.2, 0) is 0 Å². The molecule has 0 amide bonds. The van der Waals surface area contributed by atoms with Crippen LogP contribution < -0.4 is 8.70 Å². The Bertz CT molecular complexity index is 696. The van der Waals surface area contributed by atoms with Crippen molar-refractivity contribution in [2.75, 3.05) is 0 Å². The van der Waals surface area contributed by atoms with Crippen molar-refractivity contribution >= 4 is 59.3 Å². The van der Waals surface area contributed by atoms with Gasteiger partial charge in [0.25, 0.3) is 0 Å². The third kappa shape index (κ3) is 3.76. The van der Waals surface area contributed by atoms with E-state index in [1.807, 2.05) is 0 Å². The van der Waals surface area contributed by atoms with E-state index < -0.39 is 26.6 Å². The fourth-order valence-electron chi connectivity index (χ4n) is 1.63. The molecule has 0 radical (unpaired) electrons. The number of nitrogens with zero attached hydrogens (tertiary/aromatic N) is 1. The zero-order valence-electron chi connectivity index (χ0n) is 10.3. The normalized spacial score (nSPS) is 11.0. The molecule has 5 nitrogen and oxygen atoms in total. The van der Waals surface area contributed by atoms with Crippen molar-refractivity contribution in [1.29, 1.82) is 0 Å². The van der Waals surface area contributed by atoms with Gasteiger partial charge >= 0.3 is 136 Å². The zero-order chi connectivity index (χ0) is 15.6. The van der Waals surface area contributed by atoms with Crippen molar-refractivity contribution in [2.24, 2.45) is 0 Å². The molecule has 0 saturated carbocycles. The van der Waals surface area contributed by atoms with Crippen molar-refractivity contribution in [3.63, 3.8) is 0 Å². The average Bonchev–Trinajstić information content (AvgIpc) is 2.43. The molecule has 0 aromatic heterocycles. The van der Waals surface area contributed by atoms with Gasteiger partial charge in [0.1, 0.15) is 0 Å². The van der Waals surface area contributed by atoms with Gasteiger partial charge in [-0.3, -0.25) is 0 Å². The van der Waals surface area contributed by atoms with Gasteiger partial charge in [-0.05, 0) is 0 Å². The molecule has 21 heavy (non-hydrogen) atoms. The molecule has 0 aliphatic rings. The number of aromatic carboxylic acids is 1. The van der Waals surface area contributed by atoms with Gasteiger partial charge in [0, 0.05) is 0 Å². The summed E-state index contributed by atoms with van der Waals surface area (Å²) in [7, 11) is 0. The van der Waals surface area contributed by atoms with Crippen LogP contribution in [-0.4, -0.2) is 31.8 Å². The number of nitro benzene ring substituents is 1. The number of carboxylic acid groups (broad SMARTS) is 1. The van der Waals surface area contributed by atoms with Crippen LogP contribution in [0.5, 0.6) is 0 Å². The Kier molecular flexibility index (Phi) is 4.88. The number of halogens is 2. The molecule has 0 aliphatic carbocycles. The molecule has 0 saturated heterocycles. The van der Waals surface area contributed by atoms with E-state index in [9.17, 15) is 14.9 Å². The summed E-state index contributed by atoms with van der Waals surface area (Å²) >= 11 is 11.3. The molecule has 2 aromatic rings. The molecule has 8 heteroatoms. The number of nitro groups is 1. The molecular weight excluding hydrogens is 380 g/mol. The van der Waals surface area contributed by atoms with Crippen LogP contribution in [0.1, 0.15) is 10.4 Å². The van der Waals surface area contributed by atoms with E-state index in [4.69, 9.17) is 28.3 Å². The van der Waals surface area contributed by atoms with Gasteiger partial charge in [0.2, 0.25) is 0 Å². The van der Waals surface area contributed by atoms with Crippen LogP contribution in [0.4, 0.5) is 5.69 Å². The second kappa shape index (κ2) is 6.48. The molecule has 1 atom stereocenters. The zero-order valence-corrected chi connectivity index (χ0v) is 13.9. The molecule has 0 aliphatic heterocycles. The molecule has 0 bridgehead atoms. The number of carboxylic acids is 1. The summed E-state index contributed by atoms with van der Waals surface area (Å²) < 4.78 is 1.62. The van der Waals surface area contributed by atoms with Crippen molar-refractivity contribution in [3.8, 4) is 0 Å². The molecular formula is C13H8AsCl2NO4. The van der Waals surface area contributed by atoms with Gasteiger partial charge in [-0.25, -0.2) is 0 Å². The fourth-order valence-corrected chi connectivity index (χ4v) is 4.71. The summed E-state index contributed by atoms with van der Waals surface area (Å²) in [5.74, 6) is -1.10. The second-order valence-electron chi connectivity index (χ2n) is 4.05. The average molecular weight is 388 g/mol. The summed E-state index contributed by atoms with van der Waals surface area (Å²) in [5.41, 5.74) is 0.0489. The summed E-state index contributed by atoms with van der Waals surface area (Å²) in [6.45, 7) is 0. The Balaban J connectivity index is 2.31. The van der Waals surface area contributed by atoms with Gasteiger partial charge in [-0.15, -0.1) is 0 Å². The first kappa shape index (κ1) is 15.8. The first-order chi connectivity index (χ1) is 9.88. The van der Waals surface area contributed by atoms with E-state index >= 15 is 0 Å². The van der Waals surface area contributed by atoms with E-state index in [2.05, 4.69) is 0 Å². The standard InChI is InChI=1S/C13H8AsCl2NO4/c15-10-5-7(13(18)19)6-11(16)12(10)14-8-1-3-9(4-2-8)17(20)21/h1-6,14H,(H,18,19). The minimum absolute atomic E-state index is 0.0174. The second-order valence-corrected chi connectivity index (χ2v) is 7.65. The summed E-state index contributed by atoms with van der Waals surface area (Å²) in [5, 5.41) is 20.1. The van der Waals surface area contributed by atoms with Gasteiger partial charge in [0.15, 0.2) is 0 Å². The maximum atomic E-state index is 10.9. The fraction of sp³-hybridized carbons (Fsp3) is 0. The molecule has 0 heterocycles. The number of carbonyl (C=O) groups is 1. The predicted octanol–water partition coefficient (Wildman–Crippen LogP) is 1.99. The maximum absolute atomic E-state index is 10.9. The molecule has 108 valence electrons. The predicted molar refractivity (Wildman–Crippen MR) is 82.9 cm³/mol. The van der Waals surface area contributed by atoms with Crippen LogP contribution in [0, 0.1) is 10.1 Å². The first-order valence-corrected chi connectivity index (χ1v) is 8.47. The van der Waals surface area contributed by atoms with Crippen molar-refractivity contribution in [1.82, 2.24) is 0 Å². The van der Waals surface area contributed by atoms with E-state index in [1.165, 1.54) is 24.3 Å². The molecule has 2 aromatic carbocycles. The van der Waals surface area contributed by atoms with Crippen molar-refractivity contribution < 1.29 is 14.8 Å². The first-order valence-electron chi connectivity index (χ1n) is 5.62. The topological polar surface area (TPSA) is 80.4 Å². The Hall–Kier alpha value is -1.55. The number of non-ortho nitro benzene ring substituents is 1. The SMILES string of the molecule is O=C(O)c1cc(Cl)c([AsH]c2ccc([N+](=O)[O-])cc2)c(Cl)c1. The van der Waals surface area contributed by atoms with Crippen LogP contribution in [0.3, 0.4) is 0 Å². The van der Waals surface area contributed by atoms with Crippen molar-refractivity contribution in [3.05, 3.63) is 62.1 Å². The number of benzene rings is 2. The van der Waals surface area contributed by atoms with Gasteiger partial charge in [-0.1, -0.05) is 0 Å². The van der Waals surface area contributed by atoms with Crippen LogP contribution in [0.15, 0.2) is 36.4 Å². The van der Waals surface area contributed by atoms with Crippen molar-refractivity contribution in [2.45, 2.75) is 0 Å². The third-order valence-electron chi connectivity index (χ3n) is 2.64. The number of hydrogen-bond donors (Lipinski definition) is 1.